The fraction of sp³-hybridized carbons (Fsp3) is 0. The van der Waals surface area contributed by atoms with Crippen molar-refractivity contribution in [1.82, 2.24) is 0 Å². The summed E-state index contributed by atoms with van der Waals surface area (Å²) < 4.78 is 0.0474. The first-order valence-corrected chi connectivity index (χ1v) is 4.49. The van der Waals surface area contributed by atoms with Crippen LogP contribution >= 0.6 is 15.9 Å². The van der Waals surface area contributed by atoms with Crippen LogP contribution in [0, 0.1) is 25.6 Å². The van der Waals surface area contributed by atoms with Crippen molar-refractivity contribution < 1.29 is 9.85 Å². The largest absolute Gasteiger partial charge is 0.308 e. The van der Waals surface area contributed by atoms with Gasteiger partial charge in [0.25, 0.3) is 11.1 Å². The molecule has 1 aromatic rings. The molecule has 0 saturated heterocycles. The van der Waals surface area contributed by atoms with E-state index in [2.05, 4.69) is 21.0 Å². The van der Waals surface area contributed by atoms with Gasteiger partial charge in [-0.15, -0.1) is 0 Å². The molecule has 0 aliphatic heterocycles. The van der Waals surface area contributed by atoms with Crippen molar-refractivity contribution in [1.29, 1.82) is 5.39 Å². The number of halogens is 1. The number of nitrogens with zero attached hydrogens (tertiary/aromatic N) is 4. The second kappa shape index (κ2) is 4.49. The van der Waals surface area contributed by atoms with Crippen LogP contribution < -0.4 is 5.43 Å². The molecule has 0 bridgehead atoms. The van der Waals surface area contributed by atoms with Crippen LogP contribution in [0.25, 0.3) is 5.08 Å². The predicted molar refractivity (Wildman–Crippen MR) is 56.2 cm³/mol. The summed E-state index contributed by atoms with van der Waals surface area (Å²) in [6.45, 7) is 0. The maximum absolute atomic E-state index is 10.6. The summed E-state index contributed by atoms with van der Waals surface area (Å²) in [5, 5.41) is 31.9. The minimum Gasteiger partial charge on any atom is -0.258 e. The molecular formula is C6H3BrN5O4+. The normalized spacial score (nSPS) is 9.25. The molecule has 0 unspecified atom stereocenters. The van der Waals surface area contributed by atoms with Gasteiger partial charge in [0.1, 0.15) is 0 Å². The average Bonchev–Trinajstić information content (AvgIpc) is 2.20. The standard InChI is InChI=1S/C6H3BrN5O4/c7-4-1-3(11(13)14)2-5(12(15)16)6(4)9-10-8/h1-2,9H/q+1. The first kappa shape index (κ1) is 11.8. The maximum Gasteiger partial charge on any atom is 0.308 e. The van der Waals surface area contributed by atoms with Gasteiger partial charge in [-0.1, -0.05) is 0 Å². The Morgan fingerprint density at radius 3 is 2.38 bits per heavy atom. The SMILES string of the molecule is N#[N+]Nc1c(Br)cc([N+](=O)[O-])cc1[N+](=O)[O-]. The highest BCUT2D eigenvalue weighted by Crippen LogP contribution is 2.36. The molecule has 16 heavy (non-hydrogen) atoms. The molecule has 0 fully saturated rings. The molecule has 0 radical (unpaired) electrons. The molecule has 82 valence electrons. The Kier molecular flexibility index (Phi) is 3.31. The number of diazo groups is 1. The second-order valence-corrected chi connectivity index (χ2v) is 3.40. The third-order valence-electron chi connectivity index (χ3n) is 1.62. The van der Waals surface area contributed by atoms with Crippen molar-refractivity contribution in [3.63, 3.8) is 0 Å². The monoisotopic (exact) mass is 288 g/mol. The summed E-state index contributed by atoms with van der Waals surface area (Å²) in [6, 6.07) is 1.82. The Balaban J connectivity index is 3.46. The van der Waals surface area contributed by atoms with Gasteiger partial charge in [0.15, 0.2) is 0 Å². The molecule has 1 rings (SSSR count). The highest BCUT2D eigenvalue weighted by molar-refractivity contribution is 9.10. The third kappa shape index (κ3) is 2.20. The number of nitro groups is 2. The van der Waals surface area contributed by atoms with Crippen molar-refractivity contribution >= 4 is 33.0 Å². The van der Waals surface area contributed by atoms with E-state index in [0.717, 1.165) is 12.1 Å². The van der Waals surface area contributed by atoms with Gasteiger partial charge in [-0.25, -0.2) is 0 Å². The number of hydrogen-bond donors (Lipinski definition) is 1. The molecule has 0 amide bonds. The molecule has 0 atom stereocenters. The van der Waals surface area contributed by atoms with Crippen molar-refractivity contribution in [2.75, 3.05) is 5.43 Å². The van der Waals surface area contributed by atoms with Gasteiger partial charge in [-0.3, -0.25) is 20.2 Å². The zero-order valence-electron chi connectivity index (χ0n) is 7.45. The lowest BCUT2D eigenvalue weighted by molar-refractivity contribution is -0.393. The quantitative estimate of drug-likeness (QED) is 0.517. The molecule has 1 N–H and O–H groups in total. The second-order valence-electron chi connectivity index (χ2n) is 2.55. The lowest BCUT2D eigenvalue weighted by Crippen LogP contribution is -1.98. The number of hydrogen-bond acceptors (Lipinski definition) is 6. The van der Waals surface area contributed by atoms with E-state index in [-0.39, 0.29) is 10.2 Å². The smallest absolute Gasteiger partial charge is 0.258 e. The molecule has 0 aliphatic carbocycles. The lowest BCUT2D eigenvalue weighted by atomic mass is 10.2. The predicted octanol–water partition coefficient (Wildman–Crippen LogP) is 2.45. The van der Waals surface area contributed by atoms with E-state index in [1.54, 1.807) is 0 Å². The van der Waals surface area contributed by atoms with Crippen LogP contribution in [0.1, 0.15) is 0 Å². The van der Waals surface area contributed by atoms with Crippen LogP contribution in [-0.2, 0) is 0 Å². The summed E-state index contributed by atoms with van der Waals surface area (Å²) in [6.07, 6.45) is 0. The van der Waals surface area contributed by atoms with Crippen LogP contribution in [0.2, 0.25) is 0 Å². The van der Waals surface area contributed by atoms with Gasteiger partial charge < -0.3 is 0 Å². The van der Waals surface area contributed by atoms with E-state index >= 15 is 0 Å². The van der Waals surface area contributed by atoms with E-state index in [9.17, 15) is 20.2 Å². The Hall–Kier alpha value is -2.28. The molecule has 0 heterocycles. The molecule has 0 aliphatic rings. The molecular weight excluding hydrogens is 286 g/mol. The van der Waals surface area contributed by atoms with Gasteiger partial charge in [0.05, 0.1) is 20.4 Å². The Morgan fingerprint density at radius 2 is 1.94 bits per heavy atom. The number of benzene rings is 1. The van der Waals surface area contributed by atoms with E-state index in [0.29, 0.717) is 0 Å². The van der Waals surface area contributed by atoms with Crippen LogP contribution in [0.3, 0.4) is 0 Å². The number of nitro benzene ring substituents is 2. The van der Waals surface area contributed by atoms with Crippen LogP contribution in [0.15, 0.2) is 16.6 Å². The zero-order valence-corrected chi connectivity index (χ0v) is 9.04. The summed E-state index contributed by atoms with van der Waals surface area (Å²) in [7, 11) is 0. The molecule has 1 aromatic carbocycles. The number of rotatable bonds is 3. The Labute approximate surface area is 96.1 Å². The van der Waals surface area contributed by atoms with Crippen molar-refractivity contribution in [2.24, 2.45) is 0 Å². The third-order valence-corrected chi connectivity index (χ3v) is 2.25. The van der Waals surface area contributed by atoms with Gasteiger partial charge in [-0.05, 0) is 21.4 Å². The minimum absolute atomic E-state index is 0.0474. The topological polar surface area (TPSA) is 126 Å². The summed E-state index contributed by atoms with van der Waals surface area (Å²) in [4.78, 5) is 19.5. The number of non-ortho nitro benzene ring substituents is 1. The Morgan fingerprint density at radius 1 is 1.31 bits per heavy atom. The summed E-state index contributed by atoms with van der Waals surface area (Å²) in [5.41, 5.74) is 0.780. The van der Waals surface area contributed by atoms with Crippen molar-refractivity contribution in [2.45, 2.75) is 0 Å². The fourth-order valence-corrected chi connectivity index (χ4v) is 1.51. The van der Waals surface area contributed by atoms with Gasteiger partial charge in [0.2, 0.25) is 5.69 Å². The molecule has 0 spiro atoms. The molecule has 0 aromatic heterocycles. The van der Waals surface area contributed by atoms with E-state index in [1.165, 1.54) is 0 Å². The molecule has 9 nitrogen and oxygen atoms in total. The molecule has 0 saturated carbocycles. The lowest BCUT2D eigenvalue weighted by Gasteiger charge is -1.98. The first-order valence-electron chi connectivity index (χ1n) is 3.69. The van der Waals surface area contributed by atoms with Crippen molar-refractivity contribution in [3.8, 4) is 0 Å². The minimum atomic E-state index is -0.828. The first-order chi connectivity index (χ1) is 7.47. The van der Waals surface area contributed by atoms with Crippen LogP contribution in [0.4, 0.5) is 17.1 Å². The van der Waals surface area contributed by atoms with Crippen LogP contribution in [-0.4, -0.2) is 9.85 Å². The zero-order chi connectivity index (χ0) is 12.3. The highest BCUT2D eigenvalue weighted by atomic mass is 79.9. The van der Waals surface area contributed by atoms with E-state index in [1.807, 2.05) is 5.43 Å². The fourth-order valence-electron chi connectivity index (χ4n) is 0.988. The van der Waals surface area contributed by atoms with Crippen molar-refractivity contribution in [3.05, 3.63) is 41.9 Å². The maximum atomic E-state index is 10.6. The summed E-state index contributed by atoms with van der Waals surface area (Å²) >= 11 is 2.89. The Bertz CT molecular complexity index is 510. The van der Waals surface area contributed by atoms with Gasteiger partial charge in [0, 0.05) is 6.07 Å². The number of nitrogens with one attached hydrogen (secondary N) is 1. The van der Waals surface area contributed by atoms with E-state index in [4.69, 9.17) is 5.39 Å². The van der Waals surface area contributed by atoms with E-state index < -0.39 is 21.2 Å². The number of anilines is 1. The van der Waals surface area contributed by atoms with Gasteiger partial charge in [-0.2, -0.15) is 0 Å². The summed E-state index contributed by atoms with van der Waals surface area (Å²) in [5.74, 6) is 0. The average molecular weight is 289 g/mol. The van der Waals surface area contributed by atoms with Crippen LogP contribution in [0.5, 0.6) is 0 Å². The highest BCUT2D eigenvalue weighted by Gasteiger charge is 2.26. The molecule has 10 heteroatoms. The van der Waals surface area contributed by atoms with Gasteiger partial charge >= 0.3 is 10.8 Å².